The lowest BCUT2D eigenvalue weighted by Gasteiger charge is -2.15. The molecule has 0 saturated heterocycles. The third-order valence-electron chi connectivity index (χ3n) is 4.78. The van der Waals surface area contributed by atoms with E-state index < -0.39 is 5.41 Å². The van der Waals surface area contributed by atoms with Crippen molar-refractivity contribution in [3.63, 3.8) is 0 Å². The monoisotopic (exact) mass is 370 g/mol. The highest BCUT2D eigenvalue weighted by Crippen LogP contribution is 2.46. The first-order valence-electron chi connectivity index (χ1n) is 8.86. The fourth-order valence-electron chi connectivity index (χ4n) is 2.92. The van der Waals surface area contributed by atoms with Gasteiger partial charge in [-0.3, -0.25) is 9.59 Å². The minimum Gasteiger partial charge on any atom is -0.355 e. The molecule has 3 rings (SSSR count). The van der Waals surface area contributed by atoms with Crippen molar-refractivity contribution in [3.05, 3.63) is 70.2 Å². The van der Waals surface area contributed by atoms with Crippen LogP contribution in [0.25, 0.3) is 0 Å². The summed E-state index contributed by atoms with van der Waals surface area (Å²) < 4.78 is 0. The second kappa shape index (κ2) is 7.92. The molecule has 0 aliphatic heterocycles. The predicted octanol–water partition coefficient (Wildman–Crippen LogP) is 3.40. The Morgan fingerprint density at radius 2 is 1.69 bits per heavy atom. The van der Waals surface area contributed by atoms with Gasteiger partial charge in [0.05, 0.1) is 0 Å². The van der Waals surface area contributed by atoms with E-state index in [1.807, 2.05) is 55.5 Å². The van der Waals surface area contributed by atoms with Gasteiger partial charge < -0.3 is 10.6 Å². The molecule has 0 unspecified atom stereocenters. The number of carbonyl (C=O) groups excluding carboxylic acids is 2. The van der Waals surface area contributed by atoms with Gasteiger partial charge in [0.15, 0.2) is 0 Å². The second-order valence-corrected chi connectivity index (χ2v) is 7.32. The highest BCUT2D eigenvalue weighted by molar-refractivity contribution is 6.30. The number of rotatable bonds is 7. The number of aryl methyl sites for hydroxylation is 1. The van der Waals surface area contributed by atoms with E-state index in [9.17, 15) is 9.59 Å². The van der Waals surface area contributed by atoms with Crippen LogP contribution in [-0.2, 0) is 22.6 Å². The van der Waals surface area contributed by atoms with E-state index in [2.05, 4.69) is 10.6 Å². The van der Waals surface area contributed by atoms with Gasteiger partial charge in [0.2, 0.25) is 11.8 Å². The Labute approximate surface area is 158 Å². The van der Waals surface area contributed by atoms with Crippen LogP contribution >= 0.6 is 11.6 Å². The Kier molecular flexibility index (Phi) is 5.62. The van der Waals surface area contributed by atoms with Crippen LogP contribution in [-0.4, -0.2) is 18.4 Å². The van der Waals surface area contributed by atoms with E-state index >= 15 is 0 Å². The Balaban J connectivity index is 1.48. The largest absolute Gasteiger partial charge is 0.355 e. The Hall–Kier alpha value is -2.33. The van der Waals surface area contributed by atoms with Crippen LogP contribution in [0.3, 0.4) is 0 Å². The molecule has 5 heteroatoms. The summed E-state index contributed by atoms with van der Waals surface area (Å²) in [5.41, 5.74) is 2.38. The smallest absolute Gasteiger partial charge is 0.235 e. The maximum Gasteiger partial charge on any atom is 0.235 e. The van der Waals surface area contributed by atoms with Gasteiger partial charge in [-0.25, -0.2) is 0 Å². The third-order valence-corrected chi connectivity index (χ3v) is 5.02. The van der Waals surface area contributed by atoms with E-state index in [1.54, 1.807) is 0 Å². The molecule has 0 bridgehead atoms. The van der Waals surface area contributed by atoms with Gasteiger partial charge in [0.1, 0.15) is 5.41 Å². The summed E-state index contributed by atoms with van der Waals surface area (Å²) in [7, 11) is 0. The summed E-state index contributed by atoms with van der Waals surface area (Å²) >= 11 is 5.96. The maximum atomic E-state index is 12.5. The van der Waals surface area contributed by atoms with Crippen molar-refractivity contribution in [2.24, 2.45) is 5.41 Å². The van der Waals surface area contributed by atoms with Gasteiger partial charge in [-0.15, -0.1) is 0 Å². The average Bonchev–Trinajstić information content (AvgIpc) is 3.43. The molecule has 1 saturated carbocycles. The molecular formula is C21H23ClN2O2. The van der Waals surface area contributed by atoms with Crippen LogP contribution < -0.4 is 10.6 Å². The minimum absolute atomic E-state index is 0.180. The highest BCUT2D eigenvalue weighted by atomic mass is 35.5. The standard InChI is InChI=1S/C21H23ClN2O2/c1-15-5-7-17(8-6-15)14-24-20(26)21(10-11-21)19(25)23-12-9-16-3-2-4-18(22)13-16/h2-8,13H,9-12,14H2,1H3,(H,23,25)(H,24,26). The quantitative estimate of drug-likeness (QED) is 0.734. The zero-order valence-corrected chi connectivity index (χ0v) is 15.6. The van der Waals surface area contributed by atoms with Crippen molar-refractivity contribution in [1.29, 1.82) is 0 Å². The van der Waals surface area contributed by atoms with Crippen LogP contribution in [0, 0.1) is 12.3 Å². The number of carbonyl (C=O) groups is 2. The molecule has 0 spiro atoms. The molecule has 4 nitrogen and oxygen atoms in total. The Bertz CT molecular complexity index is 798. The summed E-state index contributed by atoms with van der Waals surface area (Å²) in [5, 5.41) is 6.48. The van der Waals surface area contributed by atoms with Crippen LogP contribution in [0.4, 0.5) is 0 Å². The Morgan fingerprint density at radius 3 is 2.35 bits per heavy atom. The Morgan fingerprint density at radius 1 is 1.00 bits per heavy atom. The molecule has 0 atom stereocenters. The fraction of sp³-hybridized carbons (Fsp3) is 0.333. The van der Waals surface area contributed by atoms with Crippen molar-refractivity contribution >= 4 is 23.4 Å². The lowest BCUT2D eigenvalue weighted by Crippen LogP contribution is -2.43. The summed E-state index contributed by atoms with van der Waals surface area (Å²) in [6.07, 6.45) is 1.90. The predicted molar refractivity (Wildman–Crippen MR) is 103 cm³/mol. The molecule has 1 aliphatic rings. The molecule has 2 aromatic carbocycles. The maximum absolute atomic E-state index is 12.5. The first-order valence-corrected chi connectivity index (χ1v) is 9.24. The topological polar surface area (TPSA) is 58.2 Å². The van der Waals surface area contributed by atoms with Crippen LogP contribution in [0.1, 0.15) is 29.5 Å². The molecule has 1 aliphatic carbocycles. The van der Waals surface area contributed by atoms with E-state index in [1.165, 1.54) is 5.56 Å². The molecule has 1 fully saturated rings. The number of hydrogen-bond acceptors (Lipinski definition) is 2. The molecular weight excluding hydrogens is 348 g/mol. The first kappa shape index (κ1) is 18.5. The molecule has 0 aromatic heterocycles. The highest BCUT2D eigenvalue weighted by Gasteiger charge is 2.56. The normalized spacial score (nSPS) is 14.5. The van der Waals surface area contributed by atoms with E-state index in [0.29, 0.717) is 37.4 Å². The van der Waals surface area contributed by atoms with Crippen molar-refractivity contribution < 1.29 is 9.59 Å². The van der Waals surface area contributed by atoms with E-state index in [0.717, 1.165) is 11.1 Å². The van der Waals surface area contributed by atoms with Crippen molar-refractivity contribution in [2.45, 2.75) is 32.7 Å². The van der Waals surface area contributed by atoms with Gasteiger partial charge >= 0.3 is 0 Å². The number of nitrogens with one attached hydrogen (secondary N) is 2. The lowest BCUT2D eigenvalue weighted by molar-refractivity contribution is -0.137. The van der Waals surface area contributed by atoms with Crippen molar-refractivity contribution in [2.75, 3.05) is 6.54 Å². The SMILES string of the molecule is Cc1ccc(CNC(=O)C2(C(=O)NCCc3cccc(Cl)c3)CC2)cc1. The average molecular weight is 371 g/mol. The van der Waals surface area contributed by atoms with Crippen molar-refractivity contribution in [3.8, 4) is 0 Å². The molecule has 26 heavy (non-hydrogen) atoms. The summed E-state index contributed by atoms with van der Waals surface area (Å²) in [4.78, 5) is 25.0. The van der Waals surface area contributed by atoms with E-state index in [-0.39, 0.29) is 11.8 Å². The molecule has 2 aromatic rings. The zero-order chi connectivity index (χ0) is 18.6. The summed E-state index contributed by atoms with van der Waals surface area (Å²) in [5.74, 6) is -0.362. The van der Waals surface area contributed by atoms with Gasteiger partial charge in [-0.1, -0.05) is 53.6 Å². The van der Waals surface area contributed by atoms with Crippen LogP contribution in [0.2, 0.25) is 5.02 Å². The fourth-order valence-corrected chi connectivity index (χ4v) is 3.13. The first-order chi connectivity index (χ1) is 12.5. The molecule has 0 radical (unpaired) electrons. The van der Waals surface area contributed by atoms with Crippen LogP contribution in [0.5, 0.6) is 0 Å². The molecule has 136 valence electrons. The van der Waals surface area contributed by atoms with E-state index in [4.69, 9.17) is 11.6 Å². The number of hydrogen-bond donors (Lipinski definition) is 2. The van der Waals surface area contributed by atoms with Gasteiger partial charge in [0.25, 0.3) is 0 Å². The van der Waals surface area contributed by atoms with Crippen LogP contribution in [0.15, 0.2) is 48.5 Å². The molecule has 0 heterocycles. The van der Waals surface area contributed by atoms with Gasteiger partial charge in [-0.05, 0) is 49.4 Å². The molecule has 2 amide bonds. The minimum atomic E-state index is -0.890. The number of halogens is 1. The summed E-state index contributed by atoms with van der Waals surface area (Å²) in [6, 6.07) is 15.6. The number of amides is 2. The van der Waals surface area contributed by atoms with Gasteiger partial charge in [-0.2, -0.15) is 0 Å². The molecule has 2 N–H and O–H groups in total. The van der Waals surface area contributed by atoms with Crippen molar-refractivity contribution in [1.82, 2.24) is 10.6 Å². The number of benzene rings is 2. The summed E-state index contributed by atoms with van der Waals surface area (Å²) in [6.45, 7) is 2.96. The zero-order valence-electron chi connectivity index (χ0n) is 14.8. The van der Waals surface area contributed by atoms with Gasteiger partial charge in [0, 0.05) is 18.1 Å². The third kappa shape index (κ3) is 4.44. The second-order valence-electron chi connectivity index (χ2n) is 6.89. The lowest BCUT2D eigenvalue weighted by atomic mass is 10.0.